The quantitative estimate of drug-likeness (QED) is 0.780. The van der Waals surface area contributed by atoms with Crippen LogP contribution >= 0.6 is 27.3 Å². The molecule has 0 unspecified atom stereocenters. The Morgan fingerprint density at radius 1 is 1.38 bits per heavy atom. The Morgan fingerprint density at radius 2 is 2.00 bits per heavy atom. The van der Waals surface area contributed by atoms with Crippen LogP contribution in [0.2, 0.25) is 0 Å². The summed E-state index contributed by atoms with van der Waals surface area (Å²) >= 11 is 4.52. The van der Waals surface area contributed by atoms with Gasteiger partial charge in [0.2, 0.25) is 0 Å². The first-order valence-electron chi connectivity index (χ1n) is 7.80. The van der Waals surface area contributed by atoms with E-state index in [9.17, 15) is 13.2 Å². The van der Waals surface area contributed by atoms with Crippen LogP contribution in [0.25, 0.3) is 0 Å². The van der Waals surface area contributed by atoms with Crippen LogP contribution in [0.15, 0.2) is 20.1 Å². The van der Waals surface area contributed by atoms with Crippen LogP contribution in [0.3, 0.4) is 0 Å². The molecule has 0 atom stereocenters. The molecule has 1 aliphatic rings. The van der Waals surface area contributed by atoms with Crippen LogP contribution in [0, 0.1) is 5.92 Å². The van der Waals surface area contributed by atoms with Crippen LogP contribution in [0.5, 0.6) is 0 Å². The highest BCUT2D eigenvalue weighted by atomic mass is 79.9. The lowest BCUT2D eigenvalue weighted by molar-refractivity contribution is 0.0513. The molecule has 0 radical (unpaired) electrons. The topological polar surface area (TPSA) is 75.7 Å². The zero-order valence-electron chi connectivity index (χ0n) is 14.0. The van der Waals surface area contributed by atoms with Crippen molar-refractivity contribution in [2.24, 2.45) is 5.92 Å². The number of sulfonamides is 1. The van der Waals surface area contributed by atoms with E-state index in [0.29, 0.717) is 23.8 Å². The summed E-state index contributed by atoms with van der Waals surface area (Å²) in [5.74, 6) is 0.263. The Bertz CT molecular complexity index is 674. The summed E-state index contributed by atoms with van der Waals surface area (Å²) < 4.78 is 33.0. The largest absolute Gasteiger partial charge is 0.444 e. The molecule has 24 heavy (non-hydrogen) atoms. The summed E-state index contributed by atoms with van der Waals surface area (Å²) in [7, 11) is -3.41. The minimum absolute atomic E-state index is 0.263. The van der Waals surface area contributed by atoms with E-state index in [4.69, 9.17) is 4.74 Å². The van der Waals surface area contributed by atoms with Crippen molar-refractivity contribution in [2.45, 2.75) is 43.4 Å². The number of carbonyl (C=O) groups excluding carboxylic acids is 1. The Morgan fingerprint density at radius 3 is 2.50 bits per heavy atom. The molecule has 0 aliphatic carbocycles. The molecule has 0 bridgehead atoms. The van der Waals surface area contributed by atoms with Crippen molar-refractivity contribution in [2.75, 3.05) is 19.6 Å². The van der Waals surface area contributed by atoms with E-state index in [1.165, 1.54) is 15.6 Å². The van der Waals surface area contributed by atoms with Crippen LogP contribution in [-0.4, -0.2) is 44.1 Å². The summed E-state index contributed by atoms with van der Waals surface area (Å²) in [6, 6.07) is 3.37. The average molecular weight is 439 g/mol. The summed E-state index contributed by atoms with van der Waals surface area (Å²) in [6.45, 7) is 6.90. The fraction of sp³-hybridized carbons (Fsp3) is 0.667. The molecule has 2 heterocycles. The minimum atomic E-state index is -3.41. The van der Waals surface area contributed by atoms with Crippen LogP contribution in [0.4, 0.5) is 4.79 Å². The van der Waals surface area contributed by atoms with Crippen molar-refractivity contribution in [3.8, 4) is 0 Å². The number of nitrogens with one attached hydrogen (secondary N) is 1. The van der Waals surface area contributed by atoms with Gasteiger partial charge in [-0.3, -0.25) is 0 Å². The second kappa shape index (κ2) is 7.72. The fourth-order valence-electron chi connectivity index (χ4n) is 2.46. The maximum absolute atomic E-state index is 12.6. The van der Waals surface area contributed by atoms with Crippen LogP contribution in [-0.2, 0) is 14.8 Å². The van der Waals surface area contributed by atoms with E-state index in [0.717, 1.165) is 16.6 Å². The molecule has 0 aromatic carbocycles. The standard InChI is InChI=1S/C15H23BrN2O4S2/c1-15(2,3)22-14(19)17-10-11-6-8-18(9-7-11)24(20,21)13-5-4-12(16)23-13/h4-5,11H,6-10H2,1-3H3,(H,17,19). The van der Waals surface area contributed by atoms with E-state index in [1.54, 1.807) is 12.1 Å². The minimum Gasteiger partial charge on any atom is -0.444 e. The zero-order chi connectivity index (χ0) is 18.0. The number of carbonyl (C=O) groups is 1. The van der Waals surface area contributed by atoms with Gasteiger partial charge in [-0.15, -0.1) is 11.3 Å². The van der Waals surface area contributed by atoms with Crippen LogP contribution < -0.4 is 5.32 Å². The third-order valence-electron chi connectivity index (χ3n) is 3.65. The molecule has 1 aliphatic heterocycles. The van der Waals surface area contributed by atoms with E-state index in [2.05, 4.69) is 21.2 Å². The van der Waals surface area contributed by atoms with Crippen molar-refractivity contribution in [3.63, 3.8) is 0 Å². The van der Waals surface area contributed by atoms with Gasteiger partial charge < -0.3 is 10.1 Å². The van der Waals surface area contributed by atoms with Gasteiger partial charge in [0.25, 0.3) is 10.0 Å². The number of amides is 1. The van der Waals surface area contributed by atoms with Crippen molar-refractivity contribution >= 4 is 43.4 Å². The molecule has 6 nitrogen and oxygen atoms in total. The smallest absolute Gasteiger partial charge is 0.407 e. The molecule has 1 aromatic heterocycles. The summed E-state index contributed by atoms with van der Waals surface area (Å²) in [5, 5.41) is 2.76. The van der Waals surface area contributed by atoms with Gasteiger partial charge in [0, 0.05) is 19.6 Å². The molecule has 9 heteroatoms. The molecule has 2 rings (SSSR count). The summed E-state index contributed by atoms with van der Waals surface area (Å²) in [6.07, 6.45) is 1.02. The van der Waals surface area contributed by atoms with Crippen molar-refractivity contribution in [3.05, 3.63) is 15.9 Å². The van der Waals surface area contributed by atoms with Crippen LogP contribution in [0.1, 0.15) is 33.6 Å². The van der Waals surface area contributed by atoms with Gasteiger partial charge in [-0.1, -0.05) is 0 Å². The Labute approximate surface area is 155 Å². The first-order chi connectivity index (χ1) is 11.1. The molecule has 1 saturated heterocycles. The monoisotopic (exact) mass is 438 g/mol. The van der Waals surface area contributed by atoms with Gasteiger partial charge in [-0.05, 0) is 67.6 Å². The normalized spacial score (nSPS) is 17.7. The molecule has 1 N–H and O–H groups in total. The molecule has 1 aromatic rings. The number of hydrogen-bond donors (Lipinski definition) is 1. The molecular weight excluding hydrogens is 416 g/mol. The predicted octanol–water partition coefficient (Wildman–Crippen LogP) is 3.44. The number of alkyl carbamates (subject to hydrolysis) is 1. The first-order valence-corrected chi connectivity index (χ1v) is 10.9. The summed E-state index contributed by atoms with van der Waals surface area (Å²) in [4.78, 5) is 11.7. The predicted molar refractivity (Wildman–Crippen MR) is 97.7 cm³/mol. The highest BCUT2D eigenvalue weighted by Crippen LogP contribution is 2.30. The first kappa shape index (κ1) is 19.7. The van der Waals surface area contributed by atoms with Crippen molar-refractivity contribution in [1.82, 2.24) is 9.62 Å². The third kappa shape index (κ3) is 5.44. The molecule has 0 saturated carbocycles. The highest BCUT2D eigenvalue weighted by molar-refractivity contribution is 9.11. The van der Waals surface area contributed by atoms with Crippen molar-refractivity contribution < 1.29 is 17.9 Å². The van der Waals surface area contributed by atoms with E-state index < -0.39 is 21.7 Å². The van der Waals surface area contributed by atoms with E-state index >= 15 is 0 Å². The van der Waals surface area contributed by atoms with E-state index in [1.807, 2.05) is 20.8 Å². The Balaban J connectivity index is 1.82. The lowest BCUT2D eigenvalue weighted by Gasteiger charge is -2.31. The van der Waals surface area contributed by atoms with Gasteiger partial charge in [-0.25, -0.2) is 13.2 Å². The number of piperidine rings is 1. The van der Waals surface area contributed by atoms with Gasteiger partial charge in [0.1, 0.15) is 9.81 Å². The Hall–Kier alpha value is -0.640. The fourth-order valence-corrected chi connectivity index (χ4v) is 6.09. The Kier molecular flexibility index (Phi) is 6.33. The van der Waals surface area contributed by atoms with Gasteiger partial charge >= 0.3 is 6.09 Å². The highest BCUT2D eigenvalue weighted by Gasteiger charge is 2.30. The van der Waals surface area contributed by atoms with Gasteiger partial charge in [-0.2, -0.15) is 4.31 Å². The van der Waals surface area contributed by atoms with Gasteiger partial charge in [0.05, 0.1) is 3.79 Å². The SMILES string of the molecule is CC(C)(C)OC(=O)NCC1CCN(S(=O)(=O)c2ccc(Br)s2)CC1. The number of halogens is 1. The summed E-state index contributed by atoms with van der Waals surface area (Å²) in [5.41, 5.74) is -0.517. The molecule has 136 valence electrons. The molecule has 1 fully saturated rings. The van der Waals surface area contributed by atoms with Crippen molar-refractivity contribution in [1.29, 1.82) is 0 Å². The maximum Gasteiger partial charge on any atom is 0.407 e. The number of hydrogen-bond acceptors (Lipinski definition) is 5. The second-order valence-corrected chi connectivity index (χ2v) is 11.4. The lowest BCUT2D eigenvalue weighted by Crippen LogP contribution is -2.42. The average Bonchev–Trinajstić information content (AvgIpc) is 2.91. The lowest BCUT2D eigenvalue weighted by atomic mass is 9.98. The molecular formula is C15H23BrN2O4S2. The number of rotatable bonds is 4. The number of thiophene rings is 1. The molecule has 1 amide bonds. The second-order valence-electron chi connectivity index (χ2n) is 6.79. The number of nitrogens with zero attached hydrogens (tertiary/aromatic N) is 1. The van der Waals surface area contributed by atoms with E-state index in [-0.39, 0.29) is 5.92 Å². The number of ether oxygens (including phenoxy) is 1. The maximum atomic E-state index is 12.6. The molecule has 0 spiro atoms. The van der Waals surface area contributed by atoms with Gasteiger partial charge in [0.15, 0.2) is 0 Å². The zero-order valence-corrected chi connectivity index (χ0v) is 17.3. The third-order valence-corrected chi connectivity index (χ3v) is 7.64.